The molecule has 0 aliphatic rings. The molecule has 0 saturated carbocycles. The number of pyridine rings is 1. The normalized spacial score (nSPS) is 11.9. The van der Waals surface area contributed by atoms with E-state index >= 15 is 0 Å². The second-order valence-electron chi connectivity index (χ2n) is 13.6. The topological polar surface area (TPSA) is 22.8 Å². The molecule has 4 heteroatoms. The zero-order valence-electron chi connectivity index (χ0n) is 28.8. The number of para-hydroxylation sites is 3. The summed E-state index contributed by atoms with van der Waals surface area (Å²) in [5, 5.41) is 11.3. The summed E-state index contributed by atoms with van der Waals surface area (Å²) in [5.74, 6) is 0. The second kappa shape index (κ2) is 12.0. The SMILES string of the molecule is c1ccc(P(c2ccccc2)n2c3ccccc3c3ccc4cc5c6ccccc6n(-c6cccc(-c7cccc8cccnc78)c6)c5cc4c32)cc1. The van der Waals surface area contributed by atoms with Crippen LogP contribution >= 0.6 is 8.07 Å². The third-order valence-electron chi connectivity index (χ3n) is 10.7. The van der Waals surface area contributed by atoms with Crippen molar-refractivity contribution in [3.05, 3.63) is 194 Å². The molecule has 11 rings (SSSR count). The summed E-state index contributed by atoms with van der Waals surface area (Å²) in [4.78, 5) is 4.79. The molecule has 0 bridgehead atoms. The molecule has 0 radical (unpaired) electrons. The van der Waals surface area contributed by atoms with Gasteiger partial charge in [-0.2, -0.15) is 0 Å². The predicted octanol–water partition coefficient (Wildman–Crippen LogP) is 12.2. The van der Waals surface area contributed by atoms with Gasteiger partial charge in [0.1, 0.15) is 0 Å². The molecular formula is C49H32N3P. The van der Waals surface area contributed by atoms with E-state index in [2.05, 4.69) is 191 Å². The smallest absolute Gasteiger partial charge is 0.0780 e. The first-order valence-electron chi connectivity index (χ1n) is 18.1. The first kappa shape index (κ1) is 30.1. The van der Waals surface area contributed by atoms with Gasteiger partial charge in [0.05, 0.1) is 35.7 Å². The zero-order valence-corrected chi connectivity index (χ0v) is 29.7. The van der Waals surface area contributed by atoms with Gasteiger partial charge >= 0.3 is 0 Å². The van der Waals surface area contributed by atoms with Crippen molar-refractivity contribution in [2.24, 2.45) is 0 Å². The van der Waals surface area contributed by atoms with E-state index in [9.17, 15) is 0 Å². The van der Waals surface area contributed by atoms with Crippen molar-refractivity contribution in [3.8, 4) is 16.8 Å². The molecular weight excluding hydrogens is 662 g/mol. The number of aromatic nitrogens is 3. The molecule has 0 spiro atoms. The van der Waals surface area contributed by atoms with Crippen molar-refractivity contribution >= 4 is 84.0 Å². The van der Waals surface area contributed by atoms with Gasteiger partial charge in [0.2, 0.25) is 0 Å². The van der Waals surface area contributed by atoms with Crippen LogP contribution in [0.2, 0.25) is 0 Å². The molecule has 3 aromatic heterocycles. The van der Waals surface area contributed by atoms with Crippen LogP contribution in [-0.4, -0.2) is 13.9 Å². The van der Waals surface area contributed by atoms with Crippen molar-refractivity contribution in [1.29, 1.82) is 0 Å². The molecule has 0 fully saturated rings. The van der Waals surface area contributed by atoms with E-state index in [1.807, 2.05) is 12.3 Å². The van der Waals surface area contributed by atoms with Gasteiger partial charge in [0.15, 0.2) is 0 Å². The Bertz CT molecular complexity index is 3130. The Balaban J connectivity index is 1.24. The molecule has 8 aromatic carbocycles. The molecule has 53 heavy (non-hydrogen) atoms. The largest absolute Gasteiger partial charge is 0.310 e. The fourth-order valence-corrected chi connectivity index (χ4v) is 10.9. The third-order valence-corrected chi connectivity index (χ3v) is 13.1. The average molecular weight is 694 g/mol. The molecule has 0 aliphatic carbocycles. The van der Waals surface area contributed by atoms with Gasteiger partial charge < -0.3 is 8.90 Å². The van der Waals surface area contributed by atoms with Gasteiger partial charge in [-0.3, -0.25) is 4.98 Å². The highest BCUT2D eigenvalue weighted by Gasteiger charge is 2.24. The van der Waals surface area contributed by atoms with E-state index in [4.69, 9.17) is 4.98 Å². The average Bonchev–Trinajstić information content (AvgIpc) is 3.73. The fourth-order valence-electron chi connectivity index (χ4n) is 8.38. The van der Waals surface area contributed by atoms with Gasteiger partial charge in [-0.1, -0.05) is 146 Å². The standard InChI is InChI=1S/C49H32N3P/c1-3-18-37(19-4-1)53(38-20-5-2-6-21-38)52-46-26-10-8-22-40(46)42-28-27-35-31-44-41-23-7-9-25-45(41)51(47(44)32-43(35)49(42)52)36-17-11-15-34(30-36)39-24-12-14-33-16-13-29-50-48(33)39/h1-32H. The minimum atomic E-state index is -0.937. The number of rotatable bonds is 5. The Hall–Kier alpha value is -6.54. The van der Waals surface area contributed by atoms with Gasteiger partial charge in [-0.05, 0) is 53.4 Å². The van der Waals surface area contributed by atoms with Crippen molar-refractivity contribution in [1.82, 2.24) is 13.9 Å². The molecule has 3 nitrogen and oxygen atoms in total. The lowest BCUT2D eigenvalue weighted by atomic mass is 10.0. The number of fused-ring (bicyclic) bond motifs is 9. The van der Waals surface area contributed by atoms with Crippen LogP contribution in [0.1, 0.15) is 0 Å². The number of hydrogen-bond donors (Lipinski definition) is 0. The summed E-state index contributed by atoms with van der Waals surface area (Å²) in [6.07, 6.45) is 1.88. The van der Waals surface area contributed by atoms with Crippen LogP contribution in [0.5, 0.6) is 0 Å². The van der Waals surface area contributed by atoms with E-state index in [1.165, 1.54) is 65.0 Å². The van der Waals surface area contributed by atoms with Crippen LogP contribution in [0.3, 0.4) is 0 Å². The number of benzene rings is 8. The minimum Gasteiger partial charge on any atom is -0.310 e. The Morgan fingerprint density at radius 3 is 1.89 bits per heavy atom. The van der Waals surface area contributed by atoms with Crippen molar-refractivity contribution in [2.45, 2.75) is 0 Å². The highest BCUT2D eigenvalue weighted by atomic mass is 31.1. The molecule has 3 heterocycles. The summed E-state index contributed by atoms with van der Waals surface area (Å²) in [5.41, 5.74) is 9.35. The second-order valence-corrected chi connectivity index (χ2v) is 15.7. The fraction of sp³-hybridized carbons (Fsp3) is 0. The molecule has 248 valence electrons. The molecule has 0 N–H and O–H groups in total. The predicted molar refractivity (Wildman–Crippen MR) is 226 cm³/mol. The maximum absolute atomic E-state index is 4.79. The van der Waals surface area contributed by atoms with Crippen LogP contribution in [0.4, 0.5) is 0 Å². The van der Waals surface area contributed by atoms with Gasteiger partial charge in [0, 0.05) is 60.4 Å². The van der Waals surface area contributed by atoms with E-state index in [0.29, 0.717) is 0 Å². The number of nitrogens with zero attached hydrogens (tertiary/aromatic N) is 3. The highest BCUT2D eigenvalue weighted by molar-refractivity contribution is 7.72. The summed E-state index contributed by atoms with van der Waals surface area (Å²) in [7, 11) is -0.937. The number of hydrogen-bond acceptors (Lipinski definition) is 1. The first-order valence-corrected chi connectivity index (χ1v) is 19.4. The summed E-state index contributed by atoms with van der Waals surface area (Å²) < 4.78 is 5.11. The van der Waals surface area contributed by atoms with Crippen molar-refractivity contribution in [2.75, 3.05) is 0 Å². The third kappa shape index (κ3) is 4.68. The molecule has 11 aromatic rings. The molecule has 0 amide bonds. The van der Waals surface area contributed by atoms with Crippen molar-refractivity contribution in [3.63, 3.8) is 0 Å². The van der Waals surface area contributed by atoms with Crippen LogP contribution < -0.4 is 10.6 Å². The maximum Gasteiger partial charge on any atom is 0.0780 e. The quantitative estimate of drug-likeness (QED) is 0.165. The summed E-state index contributed by atoms with van der Waals surface area (Å²) in [6, 6.07) is 68.9. The lowest BCUT2D eigenvalue weighted by Crippen LogP contribution is -2.16. The highest BCUT2D eigenvalue weighted by Crippen LogP contribution is 2.47. The van der Waals surface area contributed by atoms with E-state index in [1.54, 1.807) is 0 Å². The lowest BCUT2D eigenvalue weighted by molar-refractivity contribution is 1.18. The Kier molecular flexibility index (Phi) is 6.83. The zero-order chi connectivity index (χ0) is 34.9. The van der Waals surface area contributed by atoms with Crippen molar-refractivity contribution < 1.29 is 0 Å². The van der Waals surface area contributed by atoms with Crippen LogP contribution in [-0.2, 0) is 0 Å². The van der Waals surface area contributed by atoms with E-state index in [-0.39, 0.29) is 0 Å². The van der Waals surface area contributed by atoms with E-state index in [0.717, 1.165) is 27.7 Å². The Morgan fingerprint density at radius 1 is 0.415 bits per heavy atom. The van der Waals surface area contributed by atoms with Crippen LogP contribution in [0, 0.1) is 0 Å². The van der Waals surface area contributed by atoms with Gasteiger partial charge in [-0.25, -0.2) is 0 Å². The monoisotopic (exact) mass is 693 g/mol. The van der Waals surface area contributed by atoms with Gasteiger partial charge in [-0.15, -0.1) is 0 Å². The Morgan fingerprint density at radius 2 is 1.09 bits per heavy atom. The molecule has 0 unspecified atom stereocenters. The maximum atomic E-state index is 4.79. The summed E-state index contributed by atoms with van der Waals surface area (Å²) >= 11 is 0. The molecule has 0 aliphatic heterocycles. The van der Waals surface area contributed by atoms with E-state index < -0.39 is 8.07 Å². The molecule has 0 atom stereocenters. The van der Waals surface area contributed by atoms with Crippen LogP contribution in [0.25, 0.3) is 82.1 Å². The van der Waals surface area contributed by atoms with Crippen LogP contribution in [0.15, 0.2) is 194 Å². The summed E-state index contributed by atoms with van der Waals surface area (Å²) in [6.45, 7) is 0. The molecule has 0 saturated heterocycles. The first-order chi connectivity index (χ1) is 26.3. The lowest BCUT2D eigenvalue weighted by Gasteiger charge is -2.23. The minimum absolute atomic E-state index is 0.937. The van der Waals surface area contributed by atoms with Gasteiger partial charge in [0.25, 0.3) is 0 Å². The Labute approximate surface area is 307 Å².